The normalized spacial score (nSPS) is 17.7. The highest BCUT2D eigenvalue weighted by molar-refractivity contribution is 7.89. The lowest BCUT2D eigenvalue weighted by Crippen LogP contribution is -2.38. The van der Waals surface area contributed by atoms with E-state index in [0.29, 0.717) is 25.3 Å². The van der Waals surface area contributed by atoms with Crippen molar-refractivity contribution >= 4 is 21.6 Å². The molecule has 0 amide bonds. The first-order valence-corrected chi connectivity index (χ1v) is 7.29. The molecule has 5 nitrogen and oxygen atoms in total. The Morgan fingerprint density at radius 3 is 2.78 bits per heavy atom. The van der Waals surface area contributed by atoms with Crippen LogP contribution in [0, 0.1) is 0 Å². The third kappa shape index (κ3) is 2.61. The van der Waals surface area contributed by atoms with Crippen LogP contribution in [0.4, 0.5) is 0 Å². The maximum absolute atomic E-state index is 12.3. The van der Waals surface area contributed by atoms with Gasteiger partial charge in [-0.2, -0.15) is 4.31 Å². The van der Waals surface area contributed by atoms with Crippen molar-refractivity contribution in [2.45, 2.75) is 11.3 Å². The Balaban J connectivity index is 2.32. The van der Waals surface area contributed by atoms with Gasteiger partial charge in [-0.1, -0.05) is 11.6 Å². The second kappa shape index (κ2) is 5.44. The molecule has 1 fully saturated rings. The van der Waals surface area contributed by atoms with Gasteiger partial charge in [0.25, 0.3) is 0 Å². The minimum atomic E-state index is -3.54. The molecule has 0 saturated carbocycles. The van der Waals surface area contributed by atoms with Gasteiger partial charge in [0.1, 0.15) is 12.5 Å². The lowest BCUT2D eigenvalue weighted by atomic mass is 10.3. The molecular weight excluding hydrogens is 278 g/mol. The monoisotopic (exact) mass is 291 g/mol. The van der Waals surface area contributed by atoms with Crippen LogP contribution in [0.5, 0.6) is 5.75 Å². The van der Waals surface area contributed by atoms with Gasteiger partial charge in [0.15, 0.2) is 0 Å². The molecule has 100 valence electrons. The summed E-state index contributed by atoms with van der Waals surface area (Å²) in [5.41, 5.74) is 0. The minimum Gasteiger partial charge on any atom is -0.495 e. The van der Waals surface area contributed by atoms with Crippen molar-refractivity contribution in [2.24, 2.45) is 0 Å². The zero-order valence-corrected chi connectivity index (χ0v) is 11.5. The molecule has 18 heavy (non-hydrogen) atoms. The first kappa shape index (κ1) is 13.6. The van der Waals surface area contributed by atoms with Crippen molar-refractivity contribution in [1.82, 2.24) is 4.31 Å². The molecule has 1 aromatic rings. The van der Waals surface area contributed by atoms with Crippen LogP contribution in [-0.4, -0.2) is 39.7 Å². The zero-order chi connectivity index (χ0) is 13.2. The van der Waals surface area contributed by atoms with Gasteiger partial charge in [-0.15, -0.1) is 0 Å². The Kier molecular flexibility index (Phi) is 4.11. The van der Waals surface area contributed by atoms with E-state index in [9.17, 15) is 8.42 Å². The summed E-state index contributed by atoms with van der Waals surface area (Å²) in [4.78, 5) is 0.152. The van der Waals surface area contributed by atoms with Crippen molar-refractivity contribution in [2.75, 3.05) is 27.0 Å². The van der Waals surface area contributed by atoms with E-state index in [-0.39, 0.29) is 16.6 Å². The first-order chi connectivity index (χ1) is 8.55. The summed E-state index contributed by atoms with van der Waals surface area (Å²) < 4.78 is 36.0. The van der Waals surface area contributed by atoms with Gasteiger partial charge in [-0.05, 0) is 24.6 Å². The molecule has 0 bridgehead atoms. The van der Waals surface area contributed by atoms with E-state index < -0.39 is 10.0 Å². The summed E-state index contributed by atoms with van der Waals surface area (Å²) in [6.45, 7) is 1.15. The van der Waals surface area contributed by atoms with Gasteiger partial charge in [-0.25, -0.2) is 8.42 Å². The van der Waals surface area contributed by atoms with Crippen molar-refractivity contribution in [3.05, 3.63) is 23.2 Å². The molecule has 1 saturated heterocycles. The van der Waals surface area contributed by atoms with Gasteiger partial charge in [0.05, 0.1) is 17.0 Å². The predicted octanol–water partition coefficient (Wildman–Crippen LogP) is 1.72. The smallest absolute Gasteiger partial charge is 0.245 e. The minimum absolute atomic E-state index is 0.0893. The van der Waals surface area contributed by atoms with E-state index in [1.54, 1.807) is 6.07 Å². The Labute approximate surface area is 111 Å². The maximum Gasteiger partial charge on any atom is 0.245 e. The van der Waals surface area contributed by atoms with E-state index in [1.807, 2.05) is 0 Å². The molecule has 0 radical (unpaired) electrons. The SMILES string of the molecule is COc1ccc(S(=O)(=O)N2CCCOC2)cc1Cl. The highest BCUT2D eigenvalue weighted by Crippen LogP contribution is 2.28. The molecule has 1 aromatic carbocycles. The first-order valence-electron chi connectivity index (χ1n) is 5.47. The third-order valence-electron chi connectivity index (χ3n) is 2.69. The molecule has 2 rings (SSSR count). The topological polar surface area (TPSA) is 55.8 Å². The van der Waals surface area contributed by atoms with E-state index in [1.165, 1.54) is 23.5 Å². The predicted molar refractivity (Wildman–Crippen MR) is 67.3 cm³/mol. The van der Waals surface area contributed by atoms with Crippen LogP contribution in [0.25, 0.3) is 0 Å². The Morgan fingerprint density at radius 1 is 1.44 bits per heavy atom. The van der Waals surface area contributed by atoms with E-state index in [4.69, 9.17) is 21.1 Å². The summed E-state index contributed by atoms with van der Waals surface area (Å²) >= 11 is 5.94. The summed E-state index contributed by atoms with van der Waals surface area (Å²) in [5.74, 6) is 0.450. The average molecular weight is 292 g/mol. The van der Waals surface area contributed by atoms with Crippen molar-refractivity contribution in [3.8, 4) is 5.75 Å². The fourth-order valence-electron chi connectivity index (χ4n) is 1.72. The molecule has 0 atom stereocenters. The van der Waals surface area contributed by atoms with Crippen LogP contribution in [0.15, 0.2) is 23.1 Å². The second-order valence-corrected chi connectivity index (χ2v) is 6.21. The van der Waals surface area contributed by atoms with E-state index >= 15 is 0 Å². The summed E-state index contributed by atoms with van der Waals surface area (Å²) in [6, 6.07) is 4.42. The number of methoxy groups -OCH3 is 1. The zero-order valence-electron chi connectivity index (χ0n) is 9.93. The second-order valence-electron chi connectivity index (χ2n) is 3.87. The number of hydrogen-bond acceptors (Lipinski definition) is 4. The van der Waals surface area contributed by atoms with Crippen LogP contribution in [-0.2, 0) is 14.8 Å². The number of halogens is 1. The Bertz CT molecular complexity index is 526. The van der Waals surface area contributed by atoms with Crippen molar-refractivity contribution in [1.29, 1.82) is 0 Å². The molecular formula is C11H14ClNO4S. The standard InChI is InChI=1S/C11H14ClNO4S/c1-16-11-4-3-9(7-10(11)12)18(14,15)13-5-2-6-17-8-13/h3-4,7H,2,5-6,8H2,1H3. The number of sulfonamides is 1. The van der Waals surface area contributed by atoms with Gasteiger partial charge >= 0.3 is 0 Å². The summed E-state index contributed by atoms with van der Waals surface area (Å²) in [6.07, 6.45) is 0.698. The van der Waals surface area contributed by atoms with Crippen LogP contribution in [0.1, 0.15) is 6.42 Å². The van der Waals surface area contributed by atoms with Crippen LogP contribution in [0.3, 0.4) is 0 Å². The van der Waals surface area contributed by atoms with Crippen LogP contribution >= 0.6 is 11.6 Å². The largest absolute Gasteiger partial charge is 0.495 e. The third-order valence-corrected chi connectivity index (χ3v) is 4.81. The van der Waals surface area contributed by atoms with Crippen molar-refractivity contribution < 1.29 is 17.9 Å². The molecule has 1 heterocycles. The fraction of sp³-hybridized carbons (Fsp3) is 0.455. The van der Waals surface area contributed by atoms with Crippen LogP contribution in [0.2, 0.25) is 5.02 Å². The number of nitrogens with zero attached hydrogens (tertiary/aromatic N) is 1. The number of rotatable bonds is 3. The quantitative estimate of drug-likeness (QED) is 0.851. The summed E-state index contributed by atoms with van der Waals surface area (Å²) in [7, 11) is -2.06. The Morgan fingerprint density at radius 2 is 2.22 bits per heavy atom. The highest BCUT2D eigenvalue weighted by Gasteiger charge is 2.27. The van der Waals surface area contributed by atoms with Gasteiger partial charge in [-0.3, -0.25) is 0 Å². The van der Waals surface area contributed by atoms with Gasteiger partial charge in [0.2, 0.25) is 10.0 Å². The molecule has 1 aliphatic rings. The fourth-order valence-corrected chi connectivity index (χ4v) is 3.43. The lowest BCUT2D eigenvalue weighted by molar-refractivity contribution is 0.0313. The molecule has 1 aliphatic heterocycles. The van der Waals surface area contributed by atoms with Crippen molar-refractivity contribution in [3.63, 3.8) is 0 Å². The van der Waals surface area contributed by atoms with E-state index in [0.717, 1.165) is 0 Å². The van der Waals surface area contributed by atoms with E-state index in [2.05, 4.69) is 0 Å². The average Bonchev–Trinajstić information content (AvgIpc) is 2.39. The molecule has 0 unspecified atom stereocenters. The number of benzene rings is 1. The lowest BCUT2D eigenvalue weighted by Gasteiger charge is -2.26. The number of hydrogen-bond donors (Lipinski definition) is 0. The molecule has 0 aromatic heterocycles. The maximum atomic E-state index is 12.3. The molecule has 0 spiro atoms. The number of ether oxygens (including phenoxy) is 2. The molecule has 7 heteroatoms. The summed E-state index contributed by atoms with van der Waals surface area (Å²) in [5, 5.41) is 0.275. The Hall–Kier alpha value is -0.820. The molecule has 0 N–H and O–H groups in total. The highest BCUT2D eigenvalue weighted by atomic mass is 35.5. The molecule has 0 aliphatic carbocycles. The van der Waals surface area contributed by atoms with Crippen LogP contribution < -0.4 is 4.74 Å². The van der Waals surface area contributed by atoms with Gasteiger partial charge < -0.3 is 9.47 Å². The van der Waals surface area contributed by atoms with Gasteiger partial charge in [0, 0.05) is 13.2 Å².